The summed E-state index contributed by atoms with van der Waals surface area (Å²) in [5, 5.41) is 12.7. The molecule has 1 N–H and O–H groups in total. The van der Waals surface area contributed by atoms with Crippen molar-refractivity contribution in [2.75, 3.05) is 0 Å². The number of pyridine rings is 1. The van der Waals surface area contributed by atoms with Crippen LogP contribution in [0.1, 0.15) is 161 Å². The second-order valence-electron chi connectivity index (χ2n) is 20.2. The van der Waals surface area contributed by atoms with Gasteiger partial charge in [0.25, 0.3) is 0 Å². The van der Waals surface area contributed by atoms with Crippen LogP contribution in [0.5, 0.6) is 5.75 Å². The third kappa shape index (κ3) is 9.12. The summed E-state index contributed by atoms with van der Waals surface area (Å²) < 4.78 is 191. The minimum Gasteiger partial charge on any atom is -0.507 e. The van der Waals surface area contributed by atoms with Crippen molar-refractivity contribution >= 4 is 11.0 Å². The van der Waals surface area contributed by atoms with Crippen LogP contribution in [0, 0.1) is 0 Å². The number of hydrogen-bond acceptors (Lipinski definition) is 3. The van der Waals surface area contributed by atoms with Crippen LogP contribution in [0.2, 0.25) is 0 Å². The maximum Gasteiger partial charge on any atom is 0.149 e. The Bertz CT molecular complexity index is 3910. The van der Waals surface area contributed by atoms with E-state index in [0.717, 1.165) is 11.1 Å². The first kappa shape index (κ1) is 26.2. The number of benzene rings is 6. The van der Waals surface area contributed by atoms with Gasteiger partial charge in [0.05, 0.1) is 33.5 Å². The number of fused-ring (bicyclic) bond motifs is 1. The molecule has 8 aromatic rings. The molecule has 0 aliphatic heterocycles. The molecule has 2 heterocycles. The molecule has 2 aromatic heterocycles. The first-order chi connectivity index (χ1) is 40.0. The van der Waals surface area contributed by atoms with Crippen LogP contribution in [0.25, 0.3) is 72.7 Å². The molecule has 0 saturated heterocycles. The molecule has 0 spiro atoms. The van der Waals surface area contributed by atoms with Gasteiger partial charge in [-0.3, -0.25) is 9.55 Å². The summed E-state index contributed by atoms with van der Waals surface area (Å²) in [6, 6.07) is 26.4. The normalized spacial score (nSPS) is 18.9. The van der Waals surface area contributed by atoms with Crippen molar-refractivity contribution in [3.63, 3.8) is 0 Å². The topological polar surface area (TPSA) is 50.9 Å². The van der Waals surface area contributed by atoms with Gasteiger partial charge in [-0.1, -0.05) is 188 Å². The summed E-state index contributed by atoms with van der Waals surface area (Å²) in [6.07, 6.45) is 1.36. The Balaban J connectivity index is 1.47. The molecule has 0 saturated carbocycles. The maximum absolute atomic E-state index is 12.7. The molecule has 8 rings (SSSR count). The first-order valence-electron chi connectivity index (χ1n) is 32.8. The summed E-state index contributed by atoms with van der Waals surface area (Å²) in [5.74, 6) is 0.116. The van der Waals surface area contributed by atoms with Gasteiger partial charge in [0.15, 0.2) is 0 Å². The molecule has 0 bridgehead atoms. The highest BCUT2D eigenvalue weighted by Gasteiger charge is 2.30. The monoisotopic (exact) mass is 894 g/mol. The van der Waals surface area contributed by atoms with Gasteiger partial charge in [-0.15, -0.1) is 0 Å². The first-order valence-corrected chi connectivity index (χ1v) is 21.8. The number of phenols is 1. The Kier molecular flexibility index (Phi) is 6.57. The maximum atomic E-state index is 12.7. The zero-order valence-corrected chi connectivity index (χ0v) is 38.8. The van der Waals surface area contributed by atoms with Crippen LogP contribution >= 0.6 is 0 Å². The summed E-state index contributed by atoms with van der Waals surface area (Å²) in [6.45, 7) is -4.39. The Morgan fingerprint density at radius 3 is 1.77 bits per heavy atom. The van der Waals surface area contributed by atoms with Gasteiger partial charge in [0.1, 0.15) is 11.6 Å². The van der Waals surface area contributed by atoms with Gasteiger partial charge in [-0.25, -0.2) is 4.98 Å². The SMILES string of the molecule is [2H]c1c([2H])c(C(C([2H])([2H])[2H])(C([2H])([2H])[2H])C([2H])([2H])[2H])c([2H])c([2H])c1-c1ccnc(-c2cc(-c3cccc4c3nc(-c3cc(C(C)(C)C)cc(C(C)(C)C)c3O)n4-c3ccc(C(C([2H])([2H])[2H])(C([2H])([2H])[2H])C([2H])([2H])[2H])cc3-c3ccccc3)cc(C(C)(C)C)c2)c1. The van der Waals surface area contributed by atoms with Gasteiger partial charge in [0.2, 0.25) is 0 Å². The van der Waals surface area contributed by atoms with E-state index in [-0.39, 0.29) is 34.0 Å². The Hall–Kier alpha value is -6.26. The van der Waals surface area contributed by atoms with E-state index in [9.17, 15) is 7.85 Å². The molecule has 6 aromatic carbocycles. The molecule has 4 heteroatoms. The number of phenolic OH excluding ortho intramolecular Hbond substituents is 1. The molecule has 0 amide bonds. The van der Waals surface area contributed by atoms with Crippen LogP contribution in [0.4, 0.5) is 0 Å². The predicted molar refractivity (Wildman–Crippen MR) is 281 cm³/mol. The highest BCUT2D eigenvalue weighted by atomic mass is 16.3. The lowest BCUT2D eigenvalue weighted by atomic mass is 9.79. The fourth-order valence-corrected chi connectivity index (χ4v) is 8.13. The summed E-state index contributed by atoms with van der Waals surface area (Å²) in [5.41, 5.74) is -4.76. The van der Waals surface area contributed by atoms with Crippen molar-refractivity contribution in [3.8, 4) is 67.5 Å². The molecule has 0 unspecified atom stereocenters. The second-order valence-corrected chi connectivity index (χ2v) is 20.2. The molecule has 0 atom stereocenters. The van der Waals surface area contributed by atoms with Crippen molar-refractivity contribution in [3.05, 3.63) is 167 Å². The standard InChI is InChI=1S/C62H69N3O/c1-58(2,3)44-26-24-39(25-27-44)41-30-31-63-52(35-41)43-32-42(33-46(34-43)60(7,8)9)48-22-19-23-54-55(48)64-57(50-37-47(61(10,11)12)38-51(56(50)66)62(13,14)15)65(54)53-29-28-45(59(4,5)6)36-49(53)40-20-17-16-18-21-40/h16-38,66H,1-15H3/i1D3,2D3,3D3,4D3,5D3,6D3,24D,25D,26D,27D. The smallest absolute Gasteiger partial charge is 0.149 e. The van der Waals surface area contributed by atoms with E-state index in [1.807, 2.05) is 98.7 Å². The highest BCUT2D eigenvalue weighted by molar-refractivity contribution is 5.98. The van der Waals surface area contributed by atoms with Crippen molar-refractivity contribution in [1.29, 1.82) is 0 Å². The number of aromatic nitrogens is 3. The van der Waals surface area contributed by atoms with Crippen LogP contribution in [0.3, 0.4) is 0 Å². The molecule has 0 aliphatic rings. The van der Waals surface area contributed by atoms with Crippen molar-refractivity contribution < 1.29 is 35.3 Å². The van der Waals surface area contributed by atoms with E-state index in [0.29, 0.717) is 50.1 Å². The van der Waals surface area contributed by atoms with E-state index in [2.05, 4.69) is 0 Å². The van der Waals surface area contributed by atoms with Crippen molar-refractivity contribution in [2.45, 2.75) is 130 Å². The minimum absolute atomic E-state index is 0.0463. The molecule has 0 radical (unpaired) electrons. The van der Waals surface area contributed by atoms with Gasteiger partial charge in [-0.2, -0.15) is 0 Å². The second kappa shape index (κ2) is 16.6. The number of para-hydroxylation sites is 1. The molecule has 338 valence electrons. The molecular weight excluding hydrogens is 803 g/mol. The number of aromatic hydroxyl groups is 1. The number of rotatable bonds is 6. The van der Waals surface area contributed by atoms with Crippen LogP contribution in [-0.2, 0) is 27.1 Å². The lowest BCUT2D eigenvalue weighted by Gasteiger charge is -2.28. The lowest BCUT2D eigenvalue weighted by Crippen LogP contribution is -2.17. The summed E-state index contributed by atoms with van der Waals surface area (Å²) in [7, 11) is 0. The van der Waals surface area contributed by atoms with E-state index in [1.54, 1.807) is 47.0 Å². The van der Waals surface area contributed by atoms with Crippen molar-refractivity contribution in [2.24, 2.45) is 0 Å². The summed E-state index contributed by atoms with van der Waals surface area (Å²) >= 11 is 0. The minimum atomic E-state index is -3.87. The zero-order chi connectivity index (χ0) is 66.2. The molecular formula is C62H69N3O. The zero-order valence-electron chi connectivity index (χ0n) is 60.8. The quantitative estimate of drug-likeness (QED) is 0.181. The largest absolute Gasteiger partial charge is 0.507 e. The summed E-state index contributed by atoms with van der Waals surface area (Å²) in [4.78, 5) is 10.1. The van der Waals surface area contributed by atoms with Gasteiger partial charge < -0.3 is 5.11 Å². The molecule has 0 fully saturated rings. The van der Waals surface area contributed by atoms with E-state index in [4.69, 9.17) is 37.4 Å². The van der Waals surface area contributed by atoms with E-state index < -0.39 is 103 Å². The average Bonchev–Trinajstić information content (AvgIpc) is 0.787. The van der Waals surface area contributed by atoms with Gasteiger partial charge in [0, 0.05) is 53.1 Å². The van der Waals surface area contributed by atoms with Gasteiger partial charge >= 0.3 is 0 Å². The molecule has 4 nitrogen and oxygen atoms in total. The van der Waals surface area contributed by atoms with Crippen LogP contribution in [0.15, 0.2) is 140 Å². The fraction of sp³-hybridized carbons (Fsp3) is 0.323. The third-order valence-electron chi connectivity index (χ3n) is 11.9. The molecule has 0 aliphatic carbocycles. The van der Waals surface area contributed by atoms with Crippen LogP contribution < -0.4 is 0 Å². The predicted octanol–water partition coefficient (Wildman–Crippen LogP) is 16.9. The third-order valence-corrected chi connectivity index (χ3v) is 11.9. The Morgan fingerprint density at radius 1 is 0.485 bits per heavy atom. The lowest BCUT2D eigenvalue weighted by molar-refractivity contribution is 0.446. The van der Waals surface area contributed by atoms with Crippen molar-refractivity contribution in [1.82, 2.24) is 14.5 Å². The average molecular weight is 894 g/mol. The van der Waals surface area contributed by atoms with Crippen LogP contribution in [-0.4, -0.2) is 19.6 Å². The Morgan fingerprint density at radius 2 is 1.12 bits per heavy atom. The van der Waals surface area contributed by atoms with E-state index >= 15 is 0 Å². The number of hydrogen-bond donors (Lipinski definition) is 1. The van der Waals surface area contributed by atoms with Gasteiger partial charge in [-0.05, 0) is 120 Å². The highest BCUT2D eigenvalue weighted by Crippen LogP contribution is 2.46. The molecule has 66 heavy (non-hydrogen) atoms. The fourth-order valence-electron chi connectivity index (χ4n) is 8.13. The number of imidazole rings is 1. The Labute approximate surface area is 425 Å². The number of nitrogens with zero attached hydrogens (tertiary/aromatic N) is 3. The van der Waals surface area contributed by atoms with E-state index in [1.165, 1.54) is 36.5 Å².